The van der Waals surface area contributed by atoms with Crippen molar-refractivity contribution in [3.05, 3.63) is 82.2 Å². The molecule has 3 heterocycles. The molecule has 42 heavy (non-hydrogen) atoms. The van der Waals surface area contributed by atoms with E-state index in [-0.39, 0.29) is 24.4 Å². The number of nitrogens with zero attached hydrogens (tertiary/aromatic N) is 2. The van der Waals surface area contributed by atoms with Crippen LogP contribution in [0.2, 0.25) is 0 Å². The zero-order valence-corrected chi connectivity index (χ0v) is 24.9. The normalized spacial score (nSPS) is 24.4. The second kappa shape index (κ2) is 12.3. The summed E-state index contributed by atoms with van der Waals surface area (Å²) < 4.78 is 17.0. The Balaban J connectivity index is 1.32. The van der Waals surface area contributed by atoms with Gasteiger partial charge in [0.1, 0.15) is 6.61 Å². The Morgan fingerprint density at radius 2 is 1.71 bits per heavy atom. The highest BCUT2D eigenvalue weighted by molar-refractivity contribution is 6.04. The molecule has 2 fully saturated rings. The Morgan fingerprint density at radius 1 is 1.00 bits per heavy atom. The number of nitrogens with one attached hydrogen (secondary N) is 1. The van der Waals surface area contributed by atoms with Crippen LogP contribution in [-0.2, 0) is 23.8 Å². The minimum atomic E-state index is -0.485. The van der Waals surface area contributed by atoms with Crippen LogP contribution >= 0.6 is 0 Å². The number of ether oxygens (including phenoxy) is 3. The third-order valence-electron chi connectivity index (χ3n) is 8.96. The highest BCUT2D eigenvalue weighted by Gasteiger charge is 2.41. The first-order valence-corrected chi connectivity index (χ1v) is 15.1. The third-order valence-corrected chi connectivity index (χ3v) is 8.96. The van der Waals surface area contributed by atoms with Crippen LogP contribution in [0.1, 0.15) is 55.6 Å². The van der Waals surface area contributed by atoms with Gasteiger partial charge in [0.2, 0.25) is 0 Å². The molecule has 3 aliphatic heterocycles. The first-order valence-electron chi connectivity index (χ1n) is 15.1. The zero-order chi connectivity index (χ0) is 29.2. The SMILES string of the molecule is CC1=C(C(=O)OC[C@H]2CCCO2)[C@H](c2ccc(N3CCOCC3)cc2)C2=C(C[C@@H](c3ccc(N(C)C)cc3)CC2=O)N1. The summed E-state index contributed by atoms with van der Waals surface area (Å²) in [6.45, 7) is 5.96. The molecule has 8 nitrogen and oxygen atoms in total. The molecule has 2 aromatic rings. The molecule has 0 bridgehead atoms. The van der Waals surface area contributed by atoms with Crippen molar-refractivity contribution in [2.75, 3.05) is 63.4 Å². The standard InChI is InChI=1S/C34H41N3O5/c1-22-31(34(39)42-21-28-5-4-16-41-28)32(24-8-12-27(13-9-24)37-14-17-40-18-15-37)33-29(35-22)19-25(20-30(33)38)23-6-10-26(11-7-23)36(2)3/h6-13,25,28,32,35H,4-5,14-21H2,1-3H3/t25-,28-,32+/m1/s1. The van der Waals surface area contributed by atoms with Gasteiger partial charge < -0.3 is 29.3 Å². The quantitative estimate of drug-likeness (QED) is 0.481. The van der Waals surface area contributed by atoms with E-state index in [1.165, 1.54) is 0 Å². The predicted molar refractivity (Wildman–Crippen MR) is 163 cm³/mol. The van der Waals surface area contributed by atoms with Crippen molar-refractivity contribution in [2.24, 2.45) is 0 Å². The van der Waals surface area contributed by atoms with E-state index in [0.29, 0.717) is 43.8 Å². The maximum atomic E-state index is 14.0. The largest absolute Gasteiger partial charge is 0.459 e. The van der Waals surface area contributed by atoms with E-state index in [1.54, 1.807) is 0 Å². The molecule has 0 aromatic heterocycles. The van der Waals surface area contributed by atoms with Gasteiger partial charge in [-0.3, -0.25) is 4.79 Å². The van der Waals surface area contributed by atoms with Gasteiger partial charge in [0, 0.05) is 74.5 Å². The summed E-state index contributed by atoms with van der Waals surface area (Å²) in [7, 11) is 4.04. The maximum Gasteiger partial charge on any atom is 0.336 e. The number of hydrogen-bond donors (Lipinski definition) is 1. The van der Waals surface area contributed by atoms with Crippen molar-refractivity contribution in [2.45, 2.75) is 50.5 Å². The molecule has 222 valence electrons. The smallest absolute Gasteiger partial charge is 0.336 e. The molecule has 0 spiro atoms. The van der Waals surface area contributed by atoms with Crippen LogP contribution in [0.5, 0.6) is 0 Å². The number of anilines is 2. The molecular weight excluding hydrogens is 530 g/mol. The number of hydrogen-bond acceptors (Lipinski definition) is 8. The summed E-state index contributed by atoms with van der Waals surface area (Å²) in [6.07, 6.45) is 2.92. The minimum absolute atomic E-state index is 0.0663. The maximum absolute atomic E-state index is 14.0. The molecule has 3 atom stereocenters. The van der Waals surface area contributed by atoms with Gasteiger partial charge in [0.15, 0.2) is 5.78 Å². The molecule has 0 unspecified atom stereocenters. The second-order valence-electron chi connectivity index (χ2n) is 11.9. The summed E-state index contributed by atoms with van der Waals surface area (Å²) in [4.78, 5) is 32.1. The Morgan fingerprint density at radius 3 is 2.38 bits per heavy atom. The molecule has 6 rings (SSSR count). The summed E-state index contributed by atoms with van der Waals surface area (Å²) in [6, 6.07) is 16.8. The first kappa shape index (κ1) is 28.5. The minimum Gasteiger partial charge on any atom is -0.459 e. The predicted octanol–water partition coefficient (Wildman–Crippen LogP) is 4.67. The molecule has 0 saturated carbocycles. The number of morpholine rings is 1. The molecule has 2 saturated heterocycles. The molecule has 0 amide bonds. The highest BCUT2D eigenvalue weighted by atomic mass is 16.6. The lowest BCUT2D eigenvalue weighted by atomic mass is 9.71. The van der Waals surface area contributed by atoms with Gasteiger partial charge in [0.25, 0.3) is 0 Å². The van der Waals surface area contributed by atoms with Gasteiger partial charge in [-0.25, -0.2) is 4.79 Å². The van der Waals surface area contributed by atoms with Gasteiger partial charge in [-0.15, -0.1) is 0 Å². The topological polar surface area (TPSA) is 80.3 Å². The monoisotopic (exact) mass is 571 g/mol. The van der Waals surface area contributed by atoms with Crippen LogP contribution in [0.3, 0.4) is 0 Å². The highest BCUT2D eigenvalue weighted by Crippen LogP contribution is 2.46. The number of rotatable bonds is 7. The van der Waals surface area contributed by atoms with Crippen LogP contribution in [0.4, 0.5) is 11.4 Å². The van der Waals surface area contributed by atoms with Crippen molar-refractivity contribution >= 4 is 23.1 Å². The lowest BCUT2D eigenvalue weighted by Crippen LogP contribution is -2.37. The third kappa shape index (κ3) is 5.83. The van der Waals surface area contributed by atoms with Crippen molar-refractivity contribution < 1.29 is 23.8 Å². The molecule has 8 heteroatoms. The Kier molecular flexibility index (Phi) is 8.36. The van der Waals surface area contributed by atoms with Crippen LogP contribution in [-0.4, -0.2) is 71.5 Å². The fraction of sp³-hybridized carbons (Fsp3) is 0.471. The van der Waals surface area contributed by atoms with Crippen molar-refractivity contribution in [1.82, 2.24) is 5.32 Å². The van der Waals surface area contributed by atoms with Crippen LogP contribution in [0.25, 0.3) is 0 Å². The fourth-order valence-electron chi connectivity index (χ4n) is 6.64. The summed E-state index contributed by atoms with van der Waals surface area (Å²) in [5.74, 6) is -0.727. The number of allylic oxidation sites excluding steroid dienone is 3. The van der Waals surface area contributed by atoms with Crippen molar-refractivity contribution in [3.8, 4) is 0 Å². The fourth-order valence-corrected chi connectivity index (χ4v) is 6.64. The lowest BCUT2D eigenvalue weighted by Gasteiger charge is -2.37. The van der Waals surface area contributed by atoms with Gasteiger partial charge in [-0.2, -0.15) is 0 Å². The molecule has 1 N–H and O–H groups in total. The van der Waals surface area contributed by atoms with Gasteiger partial charge in [0.05, 0.1) is 24.9 Å². The summed E-state index contributed by atoms with van der Waals surface area (Å²) >= 11 is 0. The van der Waals surface area contributed by atoms with E-state index < -0.39 is 11.9 Å². The van der Waals surface area contributed by atoms with Crippen molar-refractivity contribution in [1.29, 1.82) is 0 Å². The number of esters is 1. The van der Waals surface area contributed by atoms with Gasteiger partial charge in [-0.1, -0.05) is 24.3 Å². The number of dihydropyridines is 1. The lowest BCUT2D eigenvalue weighted by molar-refractivity contribution is -0.142. The summed E-state index contributed by atoms with van der Waals surface area (Å²) in [5.41, 5.74) is 7.15. The molecular formula is C34H41N3O5. The van der Waals surface area contributed by atoms with E-state index in [1.807, 2.05) is 21.0 Å². The first-order chi connectivity index (χ1) is 20.4. The Labute approximate surface area is 248 Å². The average Bonchev–Trinajstić information content (AvgIpc) is 3.53. The second-order valence-corrected chi connectivity index (χ2v) is 11.9. The Hall–Kier alpha value is -3.62. The van der Waals surface area contributed by atoms with Crippen LogP contribution < -0.4 is 15.1 Å². The van der Waals surface area contributed by atoms with Gasteiger partial charge in [-0.05, 0) is 67.5 Å². The molecule has 4 aliphatic rings. The number of ketones is 1. The molecule has 0 radical (unpaired) electrons. The Bertz CT molecular complexity index is 1370. The molecule has 2 aromatic carbocycles. The van der Waals surface area contributed by atoms with Gasteiger partial charge >= 0.3 is 5.97 Å². The van der Waals surface area contributed by atoms with E-state index in [2.05, 4.69) is 63.6 Å². The number of Topliss-reactive ketones (excluding diaryl/α,β-unsaturated/α-hetero) is 1. The molecule has 1 aliphatic carbocycles. The number of carbonyl (C=O) groups is 2. The van der Waals surface area contributed by atoms with E-state index in [9.17, 15) is 9.59 Å². The van der Waals surface area contributed by atoms with Crippen molar-refractivity contribution in [3.63, 3.8) is 0 Å². The zero-order valence-electron chi connectivity index (χ0n) is 24.9. The number of carbonyl (C=O) groups excluding carboxylic acids is 2. The van der Waals surface area contributed by atoms with E-state index in [4.69, 9.17) is 14.2 Å². The van der Waals surface area contributed by atoms with E-state index in [0.717, 1.165) is 59.8 Å². The number of benzene rings is 2. The van der Waals surface area contributed by atoms with E-state index >= 15 is 0 Å². The van der Waals surface area contributed by atoms with Crippen LogP contribution in [0.15, 0.2) is 71.1 Å². The van der Waals surface area contributed by atoms with Crippen LogP contribution in [0, 0.1) is 0 Å². The average molecular weight is 572 g/mol. The summed E-state index contributed by atoms with van der Waals surface area (Å²) in [5, 5.41) is 3.48.